The second-order valence-corrected chi connectivity index (χ2v) is 3.17. The molecule has 0 atom stereocenters. The first-order valence-electron chi connectivity index (χ1n) is 4.79. The number of carbonyl (C=O) groups is 1. The molecule has 0 bridgehead atoms. The molecule has 2 aromatic rings. The van der Waals surface area contributed by atoms with Gasteiger partial charge in [0.15, 0.2) is 5.78 Å². The van der Waals surface area contributed by atoms with E-state index < -0.39 is 0 Å². The maximum atomic E-state index is 11.5. The fraction of sp³-hybridized carbons (Fsp3) is 0.182. The Balaban J connectivity index is 2.39. The van der Waals surface area contributed by atoms with Gasteiger partial charge in [-0.1, -0.05) is 19.1 Å². The Morgan fingerprint density at radius 3 is 3.00 bits per heavy atom. The Labute approximate surface area is 87.6 Å². The number of ketones is 1. The zero-order valence-electron chi connectivity index (χ0n) is 8.42. The van der Waals surface area contributed by atoms with Gasteiger partial charge in [0.2, 0.25) is 0 Å². The number of carbonyl (C=O) groups excluding carboxylic acids is 1. The van der Waals surface area contributed by atoms with Gasteiger partial charge in [-0.05, 0) is 12.1 Å². The van der Waals surface area contributed by atoms with Crippen molar-refractivity contribution in [2.75, 3.05) is 0 Å². The topological polar surface area (TPSA) is 47.8 Å². The van der Waals surface area contributed by atoms with Gasteiger partial charge >= 0.3 is 0 Å². The molecule has 0 fully saturated rings. The van der Waals surface area contributed by atoms with Crippen LogP contribution < -0.4 is 0 Å². The molecular weight excluding hydrogens is 190 g/mol. The van der Waals surface area contributed by atoms with Gasteiger partial charge in [-0.25, -0.2) is 9.67 Å². The van der Waals surface area contributed by atoms with Crippen LogP contribution in [0.3, 0.4) is 0 Å². The molecule has 0 N–H and O–H groups in total. The average Bonchev–Trinajstić information content (AvgIpc) is 2.82. The Bertz CT molecular complexity index is 462. The van der Waals surface area contributed by atoms with Crippen molar-refractivity contribution in [1.82, 2.24) is 14.8 Å². The number of hydrogen-bond acceptors (Lipinski definition) is 3. The summed E-state index contributed by atoms with van der Waals surface area (Å²) in [6.07, 6.45) is 3.59. The van der Waals surface area contributed by atoms with Crippen LogP contribution in [0.1, 0.15) is 23.7 Å². The Morgan fingerprint density at radius 2 is 2.33 bits per heavy atom. The zero-order valence-corrected chi connectivity index (χ0v) is 8.42. The van der Waals surface area contributed by atoms with Crippen LogP contribution in [0, 0.1) is 0 Å². The van der Waals surface area contributed by atoms with E-state index in [1.54, 1.807) is 11.0 Å². The maximum Gasteiger partial charge on any atom is 0.162 e. The molecule has 1 aromatic heterocycles. The highest BCUT2D eigenvalue weighted by atomic mass is 16.1. The summed E-state index contributed by atoms with van der Waals surface area (Å²) < 4.78 is 1.63. The summed E-state index contributed by atoms with van der Waals surface area (Å²) in [6, 6.07) is 7.37. The third kappa shape index (κ3) is 1.93. The van der Waals surface area contributed by atoms with Gasteiger partial charge in [0.25, 0.3) is 0 Å². The predicted octanol–water partition coefficient (Wildman–Crippen LogP) is 1.86. The number of nitrogens with zero attached hydrogens (tertiary/aromatic N) is 3. The van der Waals surface area contributed by atoms with Gasteiger partial charge in [0.1, 0.15) is 12.7 Å². The lowest BCUT2D eigenvalue weighted by Crippen LogP contribution is -2.00. The van der Waals surface area contributed by atoms with Crippen molar-refractivity contribution in [2.45, 2.75) is 13.3 Å². The van der Waals surface area contributed by atoms with Crippen molar-refractivity contribution in [3.8, 4) is 5.69 Å². The van der Waals surface area contributed by atoms with E-state index >= 15 is 0 Å². The lowest BCUT2D eigenvalue weighted by Gasteiger charge is -2.02. The van der Waals surface area contributed by atoms with Crippen molar-refractivity contribution in [3.63, 3.8) is 0 Å². The van der Waals surface area contributed by atoms with E-state index in [1.807, 2.05) is 31.2 Å². The summed E-state index contributed by atoms with van der Waals surface area (Å²) >= 11 is 0. The van der Waals surface area contributed by atoms with E-state index in [0.29, 0.717) is 12.0 Å². The number of Topliss-reactive ketones (excluding diaryl/α,β-unsaturated/α-hetero) is 1. The van der Waals surface area contributed by atoms with Crippen LogP contribution in [-0.2, 0) is 0 Å². The van der Waals surface area contributed by atoms with E-state index in [1.165, 1.54) is 6.33 Å². The van der Waals surface area contributed by atoms with E-state index in [2.05, 4.69) is 10.1 Å². The largest absolute Gasteiger partial charge is 0.294 e. The summed E-state index contributed by atoms with van der Waals surface area (Å²) in [7, 11) is 0. The first-order chi connectivity index (χ1) is 7.31. The van der Waals surface area contributed by atoms with E-state index in [-0.39, 0.29) is 5.78 Å². The number of rotatable bonds is 3. The van der Waals surface area contributed by atoms with Crippen LogP contribution in [0.4, 0.5) is 0 Å². The minimum absolute atomic E-state index is 0.136. The van der Waals surface area contributed by atoms with Crippen molar-refractivity contribution < 1.29 is 4.79 Å². The second-order valence-electron chi connectivity index (χ2n) is 3.17. The summed E-state index contributed by atoms with van der Waals surface area (Å²) in [6.45, 7) is 1.85. The molecule has 0 aliphatic carbocycles. The summed E-state index contributed by atoms with van der Waals surface area (Å²) in [5.74, 6) is 0.136. The van der Waals surface area contributed by atoms with Gasteiger partial charge in [0, 0.05) is 12.0 Å². The molecular formula is C11H11N3O. The monoisotopic (exact) mass is 201 g/mol. The summed E-state index contributed by atoms with van der Waals surface area (Å²) in [5, 5.41) is 4.01. The Morgan fingerprint density at radius 1 is 1.47 bits per heavy atom. The number of aromatic nitrogens is 3. The molecule has 0 radical (unpaired) electrons. The van der Waals surface area contributed by atoms with E-state index in [4.69, 9.17) is 0 Å². The molecule has 76 valence electrons. The highest BCUT2D eigenvalue weighted by Crippen LogP contribution is 2.10. The maximum absolute atomic E-state index is 11.5. The lowest BCUT2D eigenvalue weighted by molar-refractivity contribution is 0.0988. The molecule has 0 unspecified atom stereocenters. The minimum Gasteiger partial charge on any atom is -0.294 e. The SMILES string of the molecule is CCC(=O)c1cccc(-n2cncn2)c1. The normalized spacial score (nSPS) is 10.2. The fourth-order valence-electron chi connectivity index (χ4n) is 1.37. The third-order valence-corrected chi connectivity index (χ3v) is 2.17. The molecule has 0 spiro atoms. The third-order valence-electron chi connectivity index (χ3n) is 2.17. The van der Waals surface area contributed by atoms with Gasteiger partial charge in [0.05, 0.1) is 5.69 Å². The van der Waals surface area contributed by atoms with Crippen molar-refractivity contribution in [3.05, 3.63) is 42.5 Å². The first-order valence-corrected chi connectivity index (χ1v) is 4.79. The summed E-state index contributed by atoms with van der Waals surface area (Å²) in [5.41, 5.74) is 1.57. The van der Waals surface area contributed by atoms with Gasteiger partial charge in [-0.2, -0.15) is 5.10 Å². The van der Waals surface area contributed by atoms with Crippen LogP contribution >= 0.6 is 0 Å². The standard InChI is InChI=1S/C11H11N3O/c1-2-11(15)9-4-3-5-10(6-9)14-8-12-7-13-14/h3-8H,2H2,1H3. The van der Waals surface area contributed by atoms with Crippen LogP contribution in [0.5, 0.6) is 0 Å². The van der Waals surface area contributed by atoms with Crippen LogP contribution in [-0.4, -0.2) is 20.5 Å². The molecule has 1 heterocycles. The Kier molecular flexibility index (Phi) is 2.58. The molecule has 0 saturated heterocycles. The quantitative estimate of drug-likeness (QED) is 0.712. The lowest BCUT2D eigenvalue weighted by atomic mass is 10.1. The molecule has 4 heteroatoms. The van der Waals surface area contributed by atoms with Crippen LogP contribution in [0.15, 0.2) is 36.9 Å². The smallest absolute Gasteiger partial charge is 0.162 e. The van der Waals surface area contributed by atoms with Gasteiger partial charge in [-0.15, -0.1) is 0 Å². The number of benzene rings is 1. The molecule has 15 heavy (non-hydrogen) atoms. The van der Waals surface area contributed by atoms with Crippen molar-refractivity contribution in [2.24, 2.45) is 0 Å². The minimum atomic E-state index is 0.136. The zero-order chi connectivity index (χ0) is 10.7. The van der Waals surface area contributed by atoms with E-state index in [0.717, 1.165) is 5.69 Å². The van der Waals surface area contributed by atoms with Crippen molar-refractivity contribution in [1.29, 1.82) is 0 Å². The predicted molar refractivity (Wildman–Crippen MR) is 56.0 cm³/mol. The van der Waals surface area contributed by atoms with Crippen LogP contribution in [0.2, 0.25) is 0 Å². The molecule has 0 saturated carbocycles. The molecule has 0 aliphatic rings. The average molecular weight is 201 g/mol. The number of hydrogen-bond donors (Lipinski definition) is 0. The van der Waals surface area contributed by atoms with E-state index in [9.17, 15) is 4.79 Å². The fourth-order valence-corrected chi connectivity index (χ4v) is 1.37. The molecule has 1 aromatic carbocycles. The first kappa shape index (κ1) is 9.58. The summed E-state index contributed by atoms with van der Waals surface area (Å²) in [4.78, 5) is 15.4. The Hall–Kier alpha value is -1.97. The molecule has 2 rings (SSSR count). The van der Waals surface area contributed by atoms with Gasteiger partial charge < -0.3 is 0 Å². The molecule has 4 nitrogen and oxygen atoms in total. The second kappa shape index (κ2) is 4.04. The van der Waals surface area contributed by atoms with Gasteiger partial charge in [-0.3, -0.25) is 4.79 Å². The van der Waals surface area contributed by atoms with Crippen molar-refractivity contribution >= 4 is 5.78 Å². The van der Waals surface area contributed by atoms with Crippen LogP contribution in [0.25, 0.3) is 5.69 Å². The highest BCUT2D eigenvalue weighted by molar-refractivity contribution is 5.96. The molecule has 0 aliphatic heterocycles. The highest BCUT2D eigenvalue weighted by Gasteiger charge is 2.04. The molecule has 0 amide bonds.